The average Bonchev–Trinajstić information content (AvgIpc) is 2.66. The van der Waals surface area contributed by atoms with Crippen LogP contribution in [0.4, 0.5) is 14.5 Å². The zero-order chi connectivity index (χ0) is 21.4. The van der Waals surface area contributed by atoms with Crippen LogP contribution in [0.1, 0.15) is 19.4 Å². The molecule has 0 aliphatic carbocycles. The van der Waals surface area contributed by atoms with Gasteiger partial charge in [0.25, 0.3) is 0 Å². The molecular weight excluding hydrogens is 404 g/mol. The van der Waals surface area contributed by atoms with E-state index in [1.165, 1.54) is 37.5 Å². The predicted octanol–water partition coefficient (Wildman–Crippen LogP) is 5.64. The lowest BCUT2D eigenvalue weighted by Crippen LogP contribution is -2.08. The maximum Gasteiger partial charge on any atom is 0.387 e. The van der Waals surface area contributed by atoms with Crippen LogP contribution < -0.4 is 19.5 Å². The molecule has 0 spiro atoms. The van der Waals surface area contributed by atoms with Crippen molar-refractivity contribution < 1.29 is 27.8 Å². The van der Waals surface area contributed by atoms with Crippen LogP contribution in [0.15, 0.2) is 42.5 Å². The number of ether oxygens (including phenoxy) is 3. The monoisotopic (exact) mass is 425 g/mol. The Morgan fingerprint density at radius 1 is 1.21 bits per heavy atom. The first kappa shape index (κ1) is 22.5. The van der Waals surface area contributed by atoms with Gasteiger partial charge in [0, 0.05) is 11.8 Å². The number of rotatable bonds is 9. The standard InChI is InChI=1S/C21H22ClF2NO4/c1-13(2)12-28-20-17(22)10-14(11-18(20)27-3)4-9-19(26)25-15-5-7-16(8-6-15)29-21(23)24/h4-11,13,21H,12H2,1-3H3,(H,25,26)/b9-4+. The maximum atomic E-state index is 12.2. The van der Waals surface area contributed by atoms with Crippen molar-refractivity contribution in [2.45, 2.75) is 20.5 Å². The molecule has 1 N–H and O–H groups in total. The summed E-state index contributed by atoms with van der Waals surface area (Å²) in [6, 6.07) is 8.98. The summed E-state index contributed by atoms with van der Waals surface area (Å²) in [5, 5.41) is 3.00. The Morgan fingerprint density at radius 3 is 2.48 bits per heavy atom. The zero-order valence-corrected chi connectivity index (χ0v) is 17.0. The van der Waals surface area contributed by atoms with Crippen molar-refractivity contribution in [2.75, 3.05) is 19.0 Å². The van der Waals surface area contributed by atoms with E-state index in [0.29, 0.717) is 40.3 Å². The fraction of sp³-hybridized carbons (Fsp3) is 0.286. The van der Waals surface area contributed by atoms with Gasteiger partial charge < -0.3 is 19.5 Å². The second-order valence-electron chi connectivity index (χ2n) is 6.46. The van der Waals surface area contributed by atoms with E-state index in [0.717, 1.165) is 0 Å². The Bertz CT molecular complexity index is 855. The highest BCUT2D eigenvalue weighted by Crippen LogP contribution is 2.37. The summed E-state index contributed by atoms with van der Waals surface area (Å²) in [6.07, 6.45) is 2.90. The third kappa shape index (κ3) is 7.27. The van der Waals surface area contributed by atoms with Crippen LogP contribution >= 0.6 is 11.6 Å². The van der Waals surface area contributed by atoms with Crippen LogP contribution in [-0.2, 0) is 4.79 Å². The van der Waals surface area contributed by atoms with E-state index in [9.17, 15) is 13.6 Å². The molecule has 0 bridgehead atoms. The molecule has 0 saturated heterocycles. The molecule has 2 aromatic carbocycles. The number of benzene rings is 2. The first-order valence-corrected chi connectivity index (χ1v) is 9.20. The van der Waals surface area contributed by atoms with Crippen molar-refractivity contribution in [1.29, 1.82) is 0 Å². The largest absolute Gasteiger partial charge is 0.493 e. The molecule has 0 unspecified atom stereocenters. The highest BCUT2D eigenvalue weighted by atomic mass is 35.5. The van der Waals surface area contributed by atoms with Gasteiger partial charge in [-0.3, -0.25) is 4.79 Å². The van der Waals surface area contributed by atoms with Crippen molar-refractivity contribution in [3.8, 4) is 17.2 Å². The number of amides is 1. The zero-order valence-electron chi connectivity index (χ0n) is 16.2. The van der Waals surface area contributed by atoms with Crippen LogP contribution in [0.5, 0.6) is 17.2 Å². The molecular formula is C21H22ClF2NO4. The number of anilines is 1. The van der Waals surface area contributed by atoms with Crippen molar-refractivity contribution in [2.24, 2.45) is 5.92 Å². The summed E-state index contributed by atoms with van der Waals surface area (Å²) in [5.74, 6) is 0.858. The van der Waals surface area contributed by atoms with Gasteiger partial charge in [-0.2, -0.15) is 8.78 Å². The molecule has 0 aromatic heterocycles. The molecule has 156 valence electrons. The third-order valence-corrected chi connectivity index (χ3v) is 3.87. The van der Waals surface area contributed by atoms with Crippen LogP contribution in [0.25, 0.3) is 6.08 Å². The van der Waals surface area contributed by atoms with Gasteiger partial charge in [0.1, 0.15) is 5.75 Å². The van der Waals surface area contributed by atoms with E-state index in [1.54, 1.807) is 18.2 Å². The normalized spacial score (nSPS) is 11.2. The Kier molecular flexibility index (Phi) is 8.27. The Morgan fingerprint density at radius 2 is 1.90 bits per heavy atom. The van der Waals surface area contributed by atoms with Crippen LogP contribution in [0, 0.1) is 5.92 Å². The molecule has 0 aliphatic heterocycles. The predicted molar refractivity (Wildman–Crippen MR) is 109 cm³/mol. The number of halogens is 3. The molecule has 29 heavy (non-hydrogen) atoms. The van der Waals surface area contributed by atoms with Gasteiger partial charge in [-0.1, -0.05) is 25.4 Å². The molecule has 5 nitrogen and oxygen atoms in total. The summed E-state index contributed by atoms with van der Waals surface area (Å²) < 4.78 is 39.6. The quantitative estimate of drug-likeness (QED) is 0.528. The number of alkyl halides is 2. The van der Waals surface area contributed by atoms with E-state index in [1.807, 2.05) is 13.8 Å². The van der Waals surface area contributed by atoms with Crippen molar-refractivity contribution in [1.82, 2.24) is 0 Å². The number of carbonyl (C=O) groups is 1. The van der Waals surface area contributed by atoms with Gasteiger partial charge in [-0.25, -0.2) is 0 Å². The van der Waals surface area contributed by atoms with E-state index < -0.39 is 12.5 Å². The summed E-state index contributed by atoms with van der Waals surface area (Å²) in [5.41, 5.74) is 1.09. The van der Waals surface area contributed by atoms with Crippen molar-refractivity contribution in [3.63, 3.8) is 0 Å². The van der Waals surface area contributed by atoms with Gasteiger partial charge >= 0.3 is 6.61 Å². The first-order chi connectivity index (χ1) is 13.8. The van der Waals surface area contributed by atoms with Gasteiger partial charge in [0.05, 0.1) is 18.7 Å². The molecule has 0 fully saturated rings. The number of nitrogens with one attached hydrogen (secondary N) is 1. The molecule has 0 radical (unpaired) electrons. The van der Waals surface area contributed by atoms with Gasteiger partial charge in [0.15, 0.2) is 11.5 Å². The Hall–Kier alpha value is -2.80. The van der Waals surface area contributed by atoms with Crippen LogP contribution in [-0.4, -0.2) is 26.2 Å². The minimum absolute atomic E-state index is 0.00931. The fourth-order valence-electron chi connectivity index (χ4n) is 2.30. The van der Waals surface area contributed by atoms with E-state index in [-0.39, 0.29) is 5.75 Å². The number of methoxy groups -OCH3 is 1. The number of hydrogen-bond acceptors (Lipinski definition) is 4. The Balaban J connectivity index is 2.04. The molecule has 2 aromatic rings. The van der Waals surface area contributed by atoms with Crippen molar-refractivity contribution >= 4 is 29.3 Å². The first-order valence-electron chi connectivity index (χ1n) is 8.82. The summed E-state index contributed by atoms with van der Waals surface area (Å²) in [4.78, 5) is 12.1. The SMILES string of the molecule is COc1cc(/C=C/C(=O)Nc2ccc(OC(F)F)cc2)cc(Cl)c1OCC(C)C. The molecule has 0 saturated carbocycles. The van der Waals surface area contributed by atoms with E-state index >= 15 is 0 Å². The lowest BCUT2D eigenvalue weighted by atomic mass is 10.1. The third-order valence-electron chi connectivity index (χ3n) is 3.59. The lowest BCUT2D eigenvalue weighted by Gasteiger charge is -2.14. The van der Waals surface area contributed by atoms with Crippen molar-refractivity contribution in [3.05, 3.63) is 53.1 Å². The molecule has 0 aliphatic rings. The summed E-state index contributed by atoms with van der Waals surface area (Å²) in [6.45, 7) is 1.64. The summed E-state index contributed by atoms with van der Waals surface area (Å²) >= 11 is 6.29. The second kappa shape index (κ2) is 10.7. The maximum absolute atomic E-state index is 12.2. The van der Waals surface area contributed by atoms with Gasteiger partial charge in [-0.15, -0.1) is 0 Å². The van der Waals surface area contributed by atoms with Gasteiger partial charge in [-0.05, 0) is 54.0 Å². The van der Waals surface area contributed by atoms with E-state index in [4.69, 9.17) is 21.1 Å². The smallest absolute Gasteiger partial charge is 0.387 e. The molecule has 1 amide bonds. The molecule has 2 rings (SSSR count). The minimum Gasteiger partial charge on any atom is -0.493 e. The van der Waals surface area contributed by atoms with Crippen LogP contribution in [0.2, 0.25) is 5.02 Å². The fourth-order valence-corrected chi connectivity index (χ4v) is 2.58. The molecule has 0 heterocycles. The molecule has 8 heteroatoms. The second-order valence-corrected chi connectivity index (χ2v) is 6.87. The Labute approximate surface area is 173 Å². The highest BCUT2D eigenvalue weighted by molar-refractivity contribution is 6.32. The highest BCUT2D eigenvalue weighted by Gasteiger charge is 2.12. The summed E-state index contributed by atoms with van der Waals surface area (Å²) in [7, 11) is 1.51. The number of hydrogen-bond donors (Lipinski definition) is 1. The minimum atomic E-state index is -2.90. The molecule has 0 atom stereocenters. The van der Waals surface area contributed by atoms with Crippen LogP contribution in [0.3, 0.4) is 0 Å². The van der Waals surface area contributed by atoms with Gasteiger partial charge in [0.2, 0.25) is 5.91 Å². The lowest BCUT2D eigenvalue weighted by molar-refractivity contribution is -0.111. The number of carbonyl (C=O) groups excluding carboxylic acids is 1. The van der Waals surface area contributed by atoms with E-state index in [2.05, 4.69) is 10.1 Å². The average molecular weight is 426 g/mol. The topological polar surface area (TPSA) is 56.8 Å².